The van der Waals surface area contributed by atoms with E-state index in [1.54, 1.807) is 24.3 Å². The number of carbonyl (C=O) groups excluding carboxylic acids is 2. The summed E-state index contributed by atoms with van der Waals surface area (Å²) in [6, 6.07) is 10.7. The Morgan fingerprint density at radius 3 is 2.21 bits per heavy atom. The van der Waals surface area contributed by atoms with Crippen molar-refractivity contribution in [2.45, 2.75) is 29.9 Å². The fourth-order valence-corrected chi connectivity index (χ4v) is 9.69. The second kappa shape index (κ2) is 18.5. The molecule has 2 aliphatic heterocycles. The molecule has 62 heavy (non-hydrogen) atoms. The predicted octanol–water partition coefficient (Wildman–Crippen LogP) is 3.18. The predicted molar refractivity (Wildman–Crippen MR) is 213 cm³/mol. The van der Waals surface area contributed by atoms with E-state index < -0.39 is 67.5 Å². The van der Waals surface area contributed by atoms with E-state index in [1.807, 2.05) is 0 Å². The van der Waals surface area contributed by atoms with Gasteiger partial charge in [-0.3, -0.25) is 24.0 Å². The number of hydrogen-bond donors (Lipinski definition) is 6. The number of ether oxygens (including phenoxy) is 8. The Morgan fingerprint density at radius 1 is 0.968 bits per heavy atom. The Kier molecular flexibility index (Phi) is 13.7. The van der Waals surface area contributed by atoms with Crippen LogP contribution in [0.3, 0.4) is 0 Å². The second-order valence-electron chi connectivity index (χ2n) is 14.4. The number of cyclic esters (lactones) is 1. The van der Waals surface area contributed by atoms with Crippen LogP contribution in [0.15, 0.2) is 47.6 Å². The summed E-state index contributed by atoms with van der Waals surface area (Å²) in [5.74, 6) is -0.892. The van der Waals surface area contributed by atoms with E-state index in [1.165, 1.54) is 51.6 Å². The molecule has 0 unspecified atom stereocenters. The van der Waals surface area contributed by atoms with Gasteiger partial charge in [-0.05, 0) is 66.6 Å². The number of esters is 1. The molecule has 3 aromatic rings. The third-order valence-electron chi connectivity index (χ3n) is 10.7. The maximum absolute atomic E-state index is 13.5. The van der Waals surface area contributed by atoms with Crippen LogP contribution in [-0.4, -0.2) is 119 Å². The Labute approximate surface area is 352 Å². The lowest BCUT2D eigenvalue weighted by Gasteiger charge is -2.38. The minimum atomic E-state index is -5.62. The number of rotatable bonds is 18. The smallest absolute Gasteiger partial charge is 0.428 e. The third kappa shape index (κ3) is 9.30. The van der Waals surface area contributed by atoms with Crippen molar-refractivity contribution >= 4 is 39.2 Å². The number of carbonyl (C=O) groups is 2. The molecular formula is C37H44N4O19P2. The van der Waals surface area contributed by atoms with E-state index in [4.69, 9.17) is 37.9 Å². The Hall–Kier alpha value is -5.51. The highest BCUT2D eigenvalue weighted by molar-refractivity contribution is 7.72. The highest BCUT2D eigenvalue weighted by Gasteiger charge is 2.59. The molecule has 1 amide bonds. The molecule has 0 saturated carbocycles. The SMILES string of the molecule is COc1cc([C@@H]2c3cc4c(cc3[C@H](OC(=O)N/N=C/c3ccc([N+](=O)[O-])c(OCCCN(C)CCC(O)(P(=O)(O)O)P(=O)(O)O)c3)[C@H]3COC(=O)[C@H]23)OCO4)cc(OC)c1OC. The van der Waals surface area contributed by atoms with Crippen LogP contribution >= 0.6 is 15.2 Å². The van der Waals surface area contributed by atoms with Crippen LogP contribution in [0.2, 0.25) is 0 Å². The summed E-state index contributed by atoms with van der Waals surface area (Å²) in [6.45, 7) is -0.403. The number of methoxy groups -OCH3 is 3. The first kappa shape index (κ1) is 46.0. The average Bonchev–Trinajstić information content (AvgIpc) is 3.85. The van der Waals surface area contributed by atoms with Gasteiger partial charge >= 0.3 is 32.9 Å². The van der Waals surface area contributed by atoms with E-state index in [-0.39, 0.29) is 56.5 Å². The molecule has 23 nitrogen and oxygen atoms in total. The number of aliphatic hydroxyl groups is 1. The van der Waals surface area contributed by atoms with Gasteiger partial charge in [0.25, 0.3) is 5.08 Å². The fourth-order valence-electron chi connectivity index (χ4n) is 7.55. The van der Waals surface area contributed by atoms with Gasteiger partial charge in [-0.15, -0.1) is 0 Å². The highest BCUT2D eigenvalue weighted by Crippen LogP contribution is 2.69. The number of nitrogens with zero attached hydrogens (tertiary/aromatic N) is 3. The van der Waals surface area contributed by atoms with Gasteiger partial charge in [-0.2, -0.15) is 5.10 Å². The first-order valence-electron chi connectivity index (χ1n) is 18.6. The number of benzene rings is 3. The number of nitro groups is 1. The topological polar surface area (TPSA) is 314 Å². The van der Waals surface area contributed by atoms with Crippen molar-refractivity contribution in [3.8, 4) is 34.5 Å². The highest BCUT2D eigenvalue weighted by atomic mass is 31.2. The van der Waals surface area contributed by atoms with Crippen molar-refractivity contribution in [2.75, 3.05) is 61.5 Å². The second-order valence-corrected chi connectivity index (χ2v) is 18.4. The van der Waals surface area contributed by atoms with E-state index in [9.17, 15) is 53.5 Å². The lowest BCUT2D eigenvalue weighted by atomic mass is 9.66. The van der Waals surface area contributed by atoms with Crippen molar-refractivity contribution in [3.05, 3.63) is 74.8 Å². The number of hydrazone groups is 1. The van der Waals surface area contributed by atoms with Gasteiger partial charge in [0, 0.05) is 43.0 Å². The number of amides is 1. The molecule has 2 heterocycles. The molecule has 1 fully saturated rings. The monoisotopic (exact) mass is 910 g/mol. The molecule has 0 aromatic heterocycles. The maximum Gasteiger partial charge on any atom is 0.428 e. The zero-order chi connectivity index (χ0) is 45.1. The zero-order valence-electron chi connectivity index (χ0n) is 33.6. The number of hydrogen-bond acceptors (Lipinski definition) is 17. The van der Waals surface area contributed by atoms with Crippen molar-refractivity contribution in [1.82, 2.24) is 10.3 Å². The summed E-state index contributed by atoms with van der Waals surface area (Å²) < 4.78 is 68.5. The van der Waals surface area contributed by atoms with Gasteiger partial charge < -0.3 is 67.5 Å². The van der Waals surface area contributed by atoms with Crippen LogP contribution in [0.25, 0.3) is 0 Å². The van der Waals surface area contributed by atoms with E-state index in [0.29, 0.717) is 45.4 Å². The first-order valence-corrected chi connectivity index (χ1v) is 21.9. The maximum atomic E-state index is 13.5. The molecule has 3 aromatic carbocycles. The van der Waals surface area contributed by atoms with E-state index in [0.717, 1.165) is 6.07 Å². The lowest BCUT2D eigenvalue weighted by Crippen LogP contribution is -2.37. The molecule has 0 radical (unpaired) electrons. The molecule has 0 bridgehead atoms. The first-order chi connectivity index (χ1) is 29.3. The minimum absolute atomic E-state index is 0.0463. The van der Waals surface area contributed by atoms with Gasteiger partial charge in [-0.25, -0.2) is 10.2 Å². The average molecular weight is 911 g/mol. The van der Waals surface area contributed by atoms with Crippen LogP contribution in [0.4, 0.5) is 10.5 Å². The van der Waals surface area contributed by atoms with Crippen molar-refractivity contribution in [3.63, 3.8) is 0 Å². The number of nitrogens with one attached hydrogen (secondary N) is 1. The summed E-state index contributed by atoms with van der Waals surface area (Å²) in [6.07, 6.45) is -1.59. The standard InChI is InChI=1S/C37H44N4O19P2/c1-40(10-8-37(44,61(47,48)49)62(50,51)52)9-5-11-56-26-12-20(6-7-25(26)41(45)46)17-38-39-36(43)60-33-23-16-28-27(58-19-59-28)15-22(23)31(32-24(33)18-57-35(32)42)21-13-29(53-2)34(55-4)30(14-21)54-3/h6-7,12-17,24,31-33,44H,5,8-11,18-19H2,1-4H3,(H,39,43)(H2,47,48,49)(H2,50,51,52)/b38-17+/t24-,31+,32-,33-/m0/s1. The Morgan fingerprint density at radius 2 is 1.61 bits per heavy atom. The largest absolute Gasteiger partial charge is 0.493 e. The van der Waals surface area contributed by atoms with Gasteiger partial charge in [0.15, 0.2) is 28.7 Å². The number of fused-ring (bicyclic) bond motifs is 3. The normalized spacial score (nSPS) is 19.4. The lowest BCUT2D eigenvalue weighted by molar-refractivity contribution is -0.385. The molecule has 0 spiro atoms. The van der Waals surface area contributed by atoms with Gasteiger partial charge in [0.2, 0.25) is 12.5 Å². The molecule has 336 valence electrons. The molecule has 25 heteroatoms. The summed E-state index contributed by atoms with van der Waals surface area (Å²) in [5.41, 5.74) is 3.93. The molecule has 6 rings (SSSR count). The van der Waals surface area contributed by atoms with Crippen molar-refractivity contribution < 1.29 is 86.2 Å². The summed E-state index contributed by atoms with van der Waals surface area (Å²) in [7, 11) is -5.35. The Bertz CT molecular complexity index is 2290. The van der Waals surface area contributed by atoms with Crippen LogP contribution in [0.5, 0.6) is 34.5 Å². The Balaban J connectivity index is 1.15. The summed E-state index contributed by atoms with van der Waals surface area (Å²) in [4.78, 5) is 76.7. The molecule has 1 aliphatic carbocycles. The zero-order valence-corrected chi connectivity index (χ0v) is 35.4. The van der Waals surface area contributed by atoms with Crippen LogP contribution in [-0.2, 0) is 23.4 Å². The van der Waals surface area contributed by atoms with Crippen LogP contribution < -0.4 is 33.8 Å². The van der Waals surface area contributed by atoms with Crippen molar-refractivity contribution in [1.29, 1.82) is 0 Å². The molecule has 3 aliphatic rings. The van der Waals surface area contributed by atoms with E-state index in [2.05, 4.69) is 10.5 Å². The summed E-state index contributed by atoms with van der Waals surface area (Å²) >= 11 is 0. The van der Waals surface area contributed by atoms with Crippen molar-refractivity contribution in [2.24, 2.45) is 16.9 Å². The number of nitro benzene ring substituents is 1. The van der Waals surface area contributed by atoms with E-state index >= 15 is 0 Å². The summed E-state index contributed by atoms with van der Waals surface area (Å²) in [5, 5.41) is 22.2. The molecule has 1 saturated heterocycles. The van der Waals surface area contributed by atoms with Gasteiger partial charge in [0.05, 0.1) is 51.6 Å². The fraction of sp³-hybridized carbons (Fsp3) is 0.432. The minimum Gasteiger partial charge on any atom is -0.493 e. The van der Waals surface area contributed by atoms with Crippen LogP contribution in [0, 0.1) is 22.0 Å². The molecule has 4 atom stereocenters. The van der Waals surface area contributed by atoms with Gasteiger partial charge in [-0.1, -0.05) is 0 Å². The van der Waals surface area contributed by atoms with Crippen LogP contribution in [0.1, 0.15) is 47.1 Å². The van der Waals surface area contributed by atoms with Gasteiger partial charge in [0.1, 0.15) is 6.10 Å². The quantitative estimate of drug-likeness (QED) is 0.0267. The third-order valence-corrected chi connectivity index (χ3v) is 14.5. The molecule has 6 N–H and O–H groups in total. The molecular weight excluding hydrogens is 866 g/mol.